The molecule has 42 heavy (non-hydrogen) atoms. The summed E-state index contributed by atoms with van der Waals surface area (Å²) < 4.78 is 47.6. The van der Waals surface area contributed by atoms with Crippen molar-refractivity contribution in [3.8, 4) is 22.6 Å². The minimum Gasteiger partial charge on any atom is -0.461 e. The molecule has 5 aromatic rings. The maximum atomic E-state index is 13.6. The Morgan fingerprint density at radius 3 is 2.26 bits per heavy atom. The van der Waals surface area contributed by atoms with Crippen LogP contribution >= 0.6 is 11.3 Å². The van der Waals surface area contributed by atoms with Gasteiger partial charge in [0.25, 0.3) is 5.56 Å². The number of aromatic nitrogens is 2. The van der Waals surface area contributed by atoms with Crippen molar-refractivity contribution in [2.24, 2.45) is 0 Å². The highest BCUT2D eigenvalue weighted by Gasteiger charge is 2.31. The number of amides is 1. The van der Waals surface area contributed by atoms with Gasteiger partial charge in [-0.1, -0.05) is 54.6 Å². The first-order valence-corrected chi connectivity index (χ1v) is 13.5. The topological polar surface area (TPSA) is 99.5 Å². The van der Waals surface area contributed by atoms with Crippen LogP contribution in [-0.2, 0) is 16.0 Å². The van der Waals surface area contributed by atoms with Gasteiger partial charge in [0, 0.05) is 10.8 Å². The van der Waals surface area contributed by atoms with E-state index in [2.05, 4.69) is 15.2 Å². The molecule has 1 N–H and O–H groups in total. The normalized spacial score (nSPS) is 11.3. The minimum atomic E-state index is -4.89. The van der Waals surface area contributed by atoms with Gasteiger partial charge in [-0.2, -0.15) is 9.78 Å². The predicted octanol–water partition coefficient (Wildman–Crippen LogP) is 6.37. The molecule has 2 heterocycles. The standard InChI is InChI=1S/C30H22F3N3O5S/c1-2-40-29(39)26-23-17-42-27(34-24(37)16-18-8-10-20(11-9-18)19-6-4-3-5-7-19)25(23)28(38)36(35-26)21-12-14-22(15-13-21)41-30(31,32)33/h3-15,17H,2,16H2,1H3,(H,34,37). The molecule has 0 saturated heterocycles. The Labute approximate surface area is 240 Å². The van der Waals surface area contributed by atoms with Gasteiger partial charge in [0.1, 0.15) is 10.8 Å². The number of esters is 1. The first-order valence-electron chi connectivity index (χ1n) is 12.6. The van der Waals surface area contributed by atoms with Gasteiger partial charge in [0.2, 0.25) is 5.91 Å². The number of benzene rings is 3. The Morgan fingerprint density at radius 1 is 0.952 bits per heavy atom. The highest BCUT2D eigenvalue weighted by atomic mass is 32.1. The van der Waals surface area contributed by atoms with Gasteiger partial charge in [-0.25, -0.2) is 4.79 Å². The molecular formula is C30H22F3N3O5S. The molecule has 0 aliphatic carbocycles. The van der Waals surface area contributed by atoms with E-state index in [0.29, 0.717) is 0 Å². The average molecular weight is 594 g/mol. The smallest absolute Gasteiger partial charge is 0.461 e. The van der Waals surface area contributed by atoms with Gasteiger partial charge in [0.15, 0.2) is 5.69 Å². The highest BCUT2D eigenvalue weighted by molar-refractivity contribution is 7.16. The van der Waals surface area contributed by atoms with Crippen LogP contribution in [0, 0.1) is 0 Å². The number of alkyl halides is 3. The molecule has 0 unspecified atom stereocenters. The highest BCUT2D eigenvalue weighted by Crippen LogP contribution is 2.31. The van der Waals surface area contributed by atoms with E-state index in [9.17, 15) is 27.6 Å². The number of rotatable bonds is 8. The second-order valence-corrected chi connectivity index (χ2v) is 9.85. The van der Waals surface area contributed by atoms with Gasteiger partial charge < -0.3 is 14.8 Å². The fraction of sp³-hybridized carbons (Fsp3) is 0.133. The van der Waals surface area contributed by atoms with Gasteiger partial charge in [0.05, 0.1) is 24.1 Å². The van der Waals surface area contributed by atoms with Gasteiger partial charge >= 0.3 is 12.3 Å². The number of thiophene rings is 1. The molecule has 12 heteroatoms. The number of hydrogen-bond donors (Lipinski definition) is 1. The van der Waals surface area contributed by atoms with E-state index in [1.807, 2.05) is 54.6 Å². The second-order valence-electron chi connectivity index (χ2n) is 8.97. The quantitative estimate of drug-likeness (QED) is 0.210. The number of halogens is 3. The second kappa shape index (κ2) is 11.9. The van der Waals surface area contributed by atoms with Gasteiger partial charge in [-0.3, -0.25) is 9.59 Å². The lowest BCUT2D eigenvalue weighted by Gasteiger charge is -2.12. The summed E-state index contributed by atoms with van der Waals surface area (Å²) in [6.07, 6.45) is -4.86. The number of nitrogens with one attached hydrogen (secondary N) is 1. The number of hydrogen-bond acceptors (Lipinski definition) is 7. The maximum Gasteiger partial charge on any atom is 0.573 e. The molecule has 3 aromatic carbocycles. The Morgan fingerprint density at radius 2 is 1.62 bits per heavy atom. The largest absolute Gasteiger partial charge is 0.573 e. The Hall–Kier alpha value is -4.97. The Kier molecular flexibility index (Phi) is 8.07. The van der Waals surface area contributed by atoms with Crippen LogP contribution in [0.5, 0.6) is 5.75 Å². The van der Waals surface area contributed by atoms with Crippen molar-refractivity contribution in [3.05, 3.63) is 106 Å². The zero-order chi connectivity index (χ0) is 29.9. The Balaban J connectivity index is 1.45. The molecule has 2 aromatic heterocycles. The third kappa shape index (κ3) is 6.33. The third-order valence-electron chi connectivity index (χ3n) is 6.11. The zero-order valence-corrected chi connectivity index (χ0v) is 22.8. The van der Waals surface area contributed by atoms with Gasteiger partial charge in [-0.05, 0) is 47.9 Å². The van der Waals surface area contributed by atoms with E-state index < -0.39 is 23.6 Å². The number of ether oxygens (including phenoxy) is 2. The lowest BCUT2D eigenvalue weighted by Crippen LogP contribution is -2.26. The summed E-state index contributed by atoms with van der Waals surface area (Å²) >= 11 is 1.04. The molecule has 0 radical (unpaired) electrons. The van der Waals surface area contributed by atoms with Crippen LogP contribution in [0.25, 0.3) is 27.6 Å². The number of carbonyl (C=O) groups is 2. The van der Waals surface area contributed by atoms with Crippen LogP contribution in [-0.4, -0.2) is 34.6 Å². The van der Waals surface area contributed by atoms with Crippen molar-refractivity contribution < 1.29 is 32.2 Å². The van der Waals surface area contributed by atoms with E-state index in [1.54, 1.807) is 6.92 Å². The van der Waals surface area contributed by atoms with Crippen LogP contribution < -0.4 is 15.6 Å². The van der Waals surface area contributed by atoms with E-state index in [1.165, 1.54) is 17.5 Å². The maximum absolute atomic E-state index is 13.6. The summed E-state index contributed by atoms with van der Waals surface area (Å²) in [5, 5.41) is 8.81. The molecule has 0 fully saturated rings. The Bertz CT molecular complexity index is 1800. The molecule has 0 bridgehead atoms. The minimum absolute atomic E-state index is 0.0152. The predicted molar refractivity (Wildman–Crippen MR) is 152 cm³/mol. The van der Waals surface area contributed by atoms with Crippen molar-refractivity contribution in [2.75, 3.05) is 11.9 Å². The SMILES string of the molecule is CCOC(=O)c1nn(-c2ccc(OC(F)(F)F)cc2)c(=O)c2c(NC(=O)Cc3ccc(-c4ccccc4)cc3)scc12. The molecule has 0 aliphatic heterocycles. The van der Waals surface area contributed by atoms with Crippen molar-refractivity contribution in [3.63, 3.8) is 0 Å². The van der Waals surface area contributed by atoms with Gasteiger partial charge in [-0.15, -0.1) is 24.5 Å². The molecule has 8 nitrogen and oxygen atoms in total. The molecule has 1 amide bonds. The number of carbonyl (C=O) groups excluding carboxylic acids is 2. The van der Waals surface area contributed by atoms with Crippen LogP contribution in [0.15, 0.2) is 89.0 Å². The third-order valence-corrected chi connectivity index (χ3v) is 7.01. The fourth-order valence-corrected chi connectivity index (χ4v) is 5.21. The lowest BCUT2D eigenvalue weighted by molar-refractivity contribution is -0.274. The molecule has 0 atom stereocenters. The van der Waals surface area contributed by atoms with E-state index in [0.717, 1.165) is 44.8 Å². The summed E-state index contributed by atoms with van der Waals surface area (Å²) in [6, 6.07) is 21.7. The number of nitrogens with zero attached hydrogens (tertiary/aromatic N) is 2. The van der Waals surface area contributed by atoms with E-state index in [-0.39, 0.29) is 46.1 Å². The summed E-state index contributed by atoms with van der Waals surface area (Å²) in [5.74, 6) is -1.69. The summed E-state index contributed by atoms with van der Waals surface area (Å²) in [7, 11) is 0. The summed E-state index contributed by atoms with van der Waals surface area (Å²) in [5.41, 5.74) is 2.00. The molecule has 5 rings (SSSR count). The molecular weight excluding hydrogens is 571 g/mol. The molecule has 0 aliphatic rings. The first kappa shape index (κ1) is 28.6. The monoisotopic (exact) mass is 593 g/mol. The van der Waals surface area contributed by atoms with Crippen molar-refractivity contribution in [2.45, 2.75) is 19.7 Å². The molecule has 214 valence electrons. The van der Waals surface area contributed by atoms with E-state index >= 15 is 0 Å². The van der Waals surface area contributed by atoms with Crippen molar-refractivity contribution >= 4 is 39.0 Å². The number of fused-ring (bicyclic) bond motifs is 1. The summed E-state index contributed by atoms with van der Waals surface area (Å²) in [4.78, 5) is 39.3. The van der Waals surface area contributed by atoms with E-state index in [4.69, 9.17) is 4.74 Å². The number of anilines is 1. The van der Waals surface area contributed by atoms with Crippen LogP contribution in [0.4, 0.5) is 18.2 Å². The van der Waals surface area contributed by atoms with Crippen molar-refractivity contribution in [1.29, 1.82) is 0 Å². The lowest BCUT2D eigenvalue weighted by atomic mass is 10.0. The molecule has 0 spiro atoms. The average Bonchev–Trinajstić information content (AvgIpc) is 3.38. The summed E-state index contributed by atoms with van der Waals surface area (Å²) in [6.45, 7) is 1.65. The first-order chi connectivity index (χ1) is 20.1. The van der Waals surface area contributed by atoms with Crippen LogP contribution in [0.3, 0.4) is 0 Å². The zero-order valence-electron chi connectivity index (χ0n) is 22.0. The van der Waals surface area contributed by atoms with Crippen LogP contribution in [0.2, 0.25) is 0 Å². The molecule has 0 saturated carbocycles. The fourth-order valence-electron chi connectivity index (χ4n) is 4.26. The van der Waals surface area contributed by atoms with Crippen molar-refractivity contribution in [1.82, 2.24) is 9.78 Å². The van der Waals surface area contributed by atoms with Crippen LogP contribution in [0.1, 0.15) is 23.0 Å².